The van der Waals surface area contributed by atoms with Crippen molar-refractivity contribution in [2.45, 2.75) is 32.3 Å². The Morgan fingerprint density at radius 3 is 2.46 bits per heavy atom. The van der Waals surface area contributed by atoms with E-state index in [9.17, 15) is 0 Å². The summed E-state index contributed by atoms with van der Waals surface area (Å²) in [5.41, 5.74) is 5.65. The molecule has 0 aromatic rings. The Hall–Kier alpha value is -0.120. The van der Waals surface area contributed by atoms with Crippen LogP contribution in [0.3, 0.4) is 0 Å². The number of nitrogens with two attached hydrogens (primary N) is 1. The van der Waals surface area contributed by atoms with Crippen molar-refractivity contribution in [3.05, 3.63) is 0 Å². The van der Waals surface area contributed by atoms with E-state index in [1.807, 2.05) is 0 Å². The predicted octanol–water partition coefficient (Wildman–Crippen LogP) is 1.17. The van der Waals surface area contributed by atoms with E-state index in [-0.39, 0.29) is 5.60 Å². The van der Waals surface area contributed by atoms with E-state index < -0.39 is 0 Å². The second-order valence-electron chi connectivity index (χ2n) is 4.20. The summed E-state index contributed by atoms with van der Waals surface area (Å²) < 4.78 is 11.2. The summed E-state index contributed by atoms with van der Waals surface area (Å²) in [5.74, 6) is 0.575. The molecule has 0 bridgehead atoms. The summed E-state index contributed by atoms with van der Waals surface area (Å²) in [4.78, 5) is 0. The fourth-order valence-corrected chi connectivity index (χ4v) is 1.49. The first-order valence-electron chi connectivity index (χ1n) is 5.10. The Balaban J connectivity index is 2.38. The molecule has 0 radical (unpaired) electrons. The van der Waals surface area contributed by atoms with Gasteiger partial charge >= 0.3 is 0 Å². The molecule has 1 aliphatic rings. The molecule has 0 saturated carbocycles. The summed E-state index contributed by atoms with van der Waals surface area (Å²) in [6.45, 7) is 7.30. The van der Waals surface area contributed by atoms with Crippen molar-refractivity contribution in [2.75, 3.05) is 26.4 Å². The summed E-state index contributed by atoms with van der Waals surface area (Å²) in [6.07, 6.45) is 1.88. The van der Waals surface area contributed by atoms with Gasteiger partial charge in [-0.1, -0.05) is 13.8 Å². The van der Waals surface area contributed by atoms with Gasteiger partial charge in [0, 0.05) is 39.2 Å². The molecule has 0 spiro atoms. The Kier molecular flexibility index (Phi) is 4.16. The van der Waals surface area contributed by atoms with Crippen molar-refractivity contribution >= 4 is 0 Å². The summed E-state index contributed by atoms with van der Waals surface area (Å²) in [6, 6.07) is 0. The van der Waals surface area contributed by atoms with Crippen LogP contribution in [0.4, 0.5) is 0 Å². The van der Waals surface area contributed by atoms with Crippen LogP contribution in [0.15, 0.2) is 0 Å². The van der Waals surface area contributed by atoms with Gasteiger partial charge in [0.05, 0.1) is 5.60 Å². The van der Waals surface area contributed by atoms with Crippen LogP contribution in [0.1, 0.15) is 26.7 Å². The second-order valence-corrected chi connectivity index (χ2v) is 4.20. The van der Waals surface area contributed by atoms with E-state index in [0.717, 1.165) is 32.7 Å². The van der Waals surface area contributed by atoms with Crippen molar-refractivity contribution in [3.63, 3.8) is 0 Å². The van der Waals surface area contributed by atoms with Gasteiger partial charge in [-0.25, -0.2) is 0 Å². The number of ether oxygens (including phenoxy) is 2. The Morgan fingerprint density at radius 1 is 1.38 bits per heavy atom. The van der Waals surface area contributed by atoms with Gasteiger partial charge in [-0.3, -0.25) is 0 Å². The molecule has 0 aromatic heterocycles. The zero-order chi connectivity index (χ0) is 9.73. The van der Waals surface area contributed by atoms with Gasteiger partial charge < -0.3 is 15.2 Å². The first-order chi connectivity index (χ1) is 6.18. The molecule has 1 saturated heterocycles. The minimum Gasteiger partial charge on any atom is -0.381 e. The molecule has 1 aliphatic heterocycles. The molecular weight excluding hydrogens is 166 g/mol. The first kappa shape index (κ1) is 11.0. The molecule has 0 amide bonds. The quantitative estimate of drug-likeness (QED) is 0.718. The lowest BCUT2D eigenvalue weighted by Crippen LogP contribution is -2.46. The zero-order valence-corrected chi connectivity index (χ0v) is 8.71. The molecule has 1 rings (SSSR count). The van der Waals surface area contributed by atoms with Crippen molar-refractivity contribution in [3.8, 4) is 0 Å². The van der Waals surface area contributed by atoms with Gasteiger partial charge in [-0.15, -0.1) is 0 Å². The highest BCUT2D eigenvalue weighted by molar-refractivity contribution is 4.84. The maximum Gasteiger partial charge on any atom is 0.0848 e. The van der Waals surface area contributed by atoms with E-state index in [1.165, 1.54) is 0 Å². The summed E-state index contributed by atoms with van der Waals surface area (Å²) in [7, 11) is 0. The lowest BCUT2D eigenvalue weighted by atomic mass is 9.94. The van der Waals surface area contributed by atoms with Crippen molar-refractivity contribution < 1.29 is 9.47 Å². The third-order valence-corrected chi connectivity index (χ3v) is 2.50. The van der Waals surface area contributed by atoms with Gasteiger partial charge in [0.1, 0.15) is 0 Å². The third-order valence-electron chi connectivity index (χ3n) is 2.50. The van der Waals surface area contributed by atoms with Crippen molar-refractivity contribution in [1.82, 2.24) is 0 Å². The molecule has 2 N–H and O–H groups in total. The van der Waals surface area contributed by atoms with Crippen LogP contribution in [0.5, 0.6) is 0 Å². The average Bonchev–Trinajstić information content (AvgIpc) is 2.16. The number of hydrogen-bond acceptors (Lipinski definition) is 3. The lowest BCUT2D eigenvalue weighted by molar-refractivity contribution is -0.111. The highest BCUT2D eigenvalue weighted by atomic mass is 16.5. The Morgan fingerprint density at radius 2 is 2.00 bits per heavy atom. The molecule has 0 aliphatic carbocycles. The molecule has 0 aromatic carbocycles. The maximum absolute atomic E-state index is 5.88. The van der Waals surface area contributed by atoms with Crippen LogP contribution in [0, 0.1) is 5.92 Å². The normalized spacial score (nSPS) is 22.2. The molecule has 3 nitrogen and oxygen atoms in total. The van der Waals surface area contributed by atoms with E-state index >= 15 is 0 Å². The SMILES string of the molecule is CC(C)COC1(CN)CCOCC1. The zero-order valence-electron chi connectivity index (χ0n) is 8.71. The maximum atomic E-state index is 5.88. The predicted molar refractivity (Wildman–Crippen MR) is 52.6 cm³/mol. The molecule has 0 unspecified atom stereocenters. The molecule has 78 valence electrons. The largest absolute Gasteiger partial charge is 0.381 e. The average molecular weight is 187 g/mol. The van der Waals surface area contributed by atoms with Crippen LogP contribution < -0.4 is 5.73 Å². The molecule has 1 fully saturated rings. The first-order valence-corrected chi connectivity index (χ1v) is 5.10. The molecule has 3 heteroatoms. The highest BCUT2D eigenvalue weighted by Crippen LogP contribution is 2.24. The summed E-state index contributed by atoms with van der Waals surface area (Å²) in [5, 5.41) is 0. The van der Waals surface area contributed by atoms with Gasteiger partial charge in [0.2, 0.25) is 0 Å². The van der Waals surface area contributed by atoms with E-state index in [4.69, 9.17) is 15.2 Å². The monoisotopic (exact) mass is 187 g/mol. The van der Waals surface area contributed by atoms with Crippen LogP contribution in [-0.2, 0) is 9.47 Å². The lowest BCUT2D eigenvalue weighted by Gasteiger charge is -2.36. The Bertz CT molecular complexity index is 142. The standard InChI is InChI=1S/C10H21NO2/c1-9(2)7-13-10(8-11)3-5-12-6-4-10/h9H,3-8,11H2,1-2H3. The van der Waals surface area contributed by atoms with E-state index in [0.29, 0.717) is 12.5 Å². The van der Waals surface area contributed by atoms with Crippen LogP contribution in [0.25, 0.3) is 0 Å². The minimum absolute atomic E-state index is 0.0947. The van der Waals surface area contributed by atoms with Gasteiger partial charge in [-0.2, -0.15) is 0 Å². The molecule has 13 heavy (non-hydrogen) atoms. The molecular formula is C10H21NO2. The van der Waals surface area contributed by atoms with Gasteiger partial charge in [0.25, 0.3) is 0 Å². The minimum atomic E-state index is -0.0947. The molecule has 0 atom stereocenters. The van der Waals surface area contributed by atoms with E-state index in [2.05, 4.69) is 13.8 Å². The number of rotatable bonds is 4. The molecule has 1 heterocycles. The second kappa shape index (κ2) is 4.94. The topological polar surface area (TPSA) is 44.5 Å². The summed E-state index contributed by atoms with van der Waals surface area (Å²) >= 11 is 0. The highest BCUT2D eigenvalue weighted by Gasteiger charge is 2.32. The third kappa shape index (κ3) is 3.25. The van der Waals surface area contributed by atoms with Crippen molar-refractivity contribution in [1.29, 1.82) is 0 Å². The van der Waals surface area contributed by atoms with Crippen LogP contribution >= 0.6 is 0 Å². The van der Waals surface area contributed by atoms with Gasteiger partial charge in [-0.05, 0) is 5.92 Å². The Labute approximate surface area is 80.6 Å². The van der Waals surface area contributed by atoms with E-state index in [1.54, 1.807) is 0 Å². The number of hydrogen-bond donors (Lipinski definition) is 1. The van der Waals surface area contributed by atoms with Crippen LogP contribution in [0.2, 0.25) is 0 Å². The fourth-order valence-electron chi connectivity index (χ4n) is 1.49. The smallest absolute Gasteiger partial charge is 0.0848 e. The fraction of sp³-hybridized carbons (Fsp3) is 1.00. The van der Waals surface area contributed by atoms with Crippen LogP contribution in [-0.4, -0.2) is 32.0 Å². The van der Waals surface area contributed by atoms with Crippen molar-refractivity contribution in [2.24, 2.45) is 11.7 Å². The van der Waals surface area contributed by atoms with Gasteiger partial charge in [0.15, 0.2) is 0 Å².